The number of hydrogen-bond donors (Lipinski definition) is 1. The van der Waals surface area contributed by atoms with Crippen LogP contribution in [0.3, 0.4) is 0 Å². The maximum atomic E-state index is 5.79. The number of nitrogens with one attached hydrogen (secondary N) is 1. The predicted octanol–water partition coefficient (Wildman–Crippen LogP) is 3.35. The smallest absolute Gasteiger partial charge is 0.213 e. The van der Waals surface area contributed by atoms with Gasteiger partial charge in [-0.2, -0.15) is 5.10 Å². The fraction of sp³-hybridized carbons (Fsp3) is 0.292. The molecule has 3 heterocycles. The van der Waals surface area contributed by atoms with Gasteiger partial charge in [0.1, 0.15) is 17.9 Å². The van der Waals surface area contributed by atoms with Gasteiger partial charge in [0.25, 0.3) is 0 Å². The van der Waals surface area contributed by atoms with Crippen LogP contribution in [0.1, 0.15) is 17.7 Å². The summed E-state index contributed by atoms with van der Waals surface area (Å²) in [6.07, 6.45) is 6.90. The zero-order chi connectivity index (χ0) is 21.0. The zero-order valence-corrected chi connectivity index (χ0v) is 17.5. The molecule has 3 aromatic heterocycles. The van der Waals surface area contributed by atoms with E-state index in [-0.39, 0.29) is 0 Å². The molecule has 0 saturated heterocycles. The fourth-order valence-electron chi connectivity index (χ4n) is 4.04. The molecule has 31 heavy (non-hydrogen) atoms. The Morgan fingerprint density at radius 1 is 1.13 bits per heavy atom. The monoisotopic (exact) mass is 415 g/mol. The van der Waals surface area contributed by atoms with Crippen molar-refractivity contribution in [3.05, 3.63) is 72.2 Å². The fourth-order valence-corrected chi connectivity index (χ4v) is 4.04. The number of hydrogen-bond acceptors (Lipinski definition) is 6. The Hall–Kier alpha value is -3.45. The summed E-state index contributed by atoms with van der Waals surface area (Å²) in [5.41, 5.74) is 4.96. The van der Waals surface area contributed by atoms with Gasteiger partial charge in [0.05, 0.1) is 24.0 Å². The van der Waals surface area contributed by atoms with Crippen molar-refractivity contribution in [3.8, 4) is 17.3 Å². The lowest BCUT2D eigenvalue weighted by Gasteiger charge is -2.22. The molecule has 1 unspecified atom stereocenters. The highest BCUT2D eigenvalue weighted by atomic mass is 16.5. The molecule has 5 rings (SSSR count). The van der Waals surface area contributed by atoms with Gasteiger partial charge in [-0.3, -0.25) is 4.98 Å². The first-order chi connectivity index (χ1) is 15.3. The van der Waals surface area contributed by atoms with E-state index in [4.69, 9.17) is 14.6 Å². The molecule has 0 bridgehead atoms. The number of nitrogens with zero attached hydrogens (tertiary/aromatic N) is 4. The predicted molar refractivity (Wildman–Crippen MR) is 119 cm³/mol. The lowest BCUT2D eigenvalue weighted by atomic mass is 9.93. The SMILES string of the molecule is COc1ccc2nccc(-n3cc4c(n3)CCC(NCCOc3ccccc3)C4)c2n1. The number of fused-ring (bicyclic) bond motifs is 2. The summed E-state index contributed by atoms with van der Waals surface area (Å²) in [4.78, 5) is 9.01. The van der Waals surface area contributed by atoms with Crippen molar-refractivity contribution < 1.29 is 9.47 Å². The van der Waals surface area contributed by atoms with Gasteiger partial charge < -0.3 is 14.8 Å². The van der Waals surface area contributed by atoms with Crippen LogP contribution in [0.2, 0.25) is 0 Å². The first-order valence-electron chi connectivity index (χ1n) is 10.6. The molecule has 0 radical (unpaired) electrons. The van der Waals surface area contributed by atoms with Crippen molar-refractivity contribution in [1.29, 1.82) is 0 Å². The summed E-state index contributed by atoms with van der Waals surface area (Å²) in [6, 6.07) is 16.0. The van der Waals surface area contributed by atoms with E-state index in [0.29, 0.717) is 18.5 Å². The van der Waals surface area contributed by atoms with E-state index in [1.54, 1.807) is 13.3 Å². The highest BCUT2D eigenvalue weighted by Gasteiger charge is 2.22. The van der Waals surface area contributed by atoms with Crippen molar-refractivity contribution in [2.24, 2.45) is 0 Å². The average molecular weight is 415 g/mol. The van der Waals surface area contributed by atoms with Crippen LogP contribution in [0.15, 0.2) is 60.9 Å². The second-order valence-corrected chi connectivity index (χ2v) is 7.65. The standard InChI is InChI=1S/C24H25N5O2/c1-30-23-10-9-21-24(27-23)22(11-12-26-21)29-16-17-15-18(7-8-20(17)28-29)25-13-14-31-19-5-3-2-4-6-19/h2-6,9-12,16,18,25H,7-8,13-15H2,1H3. The number of methoxy groups -OCH3 is 1. The zero-order valence-electron chi connectivity index (χ0n) is 17.5. The van der Waals surface area contributed by atoms with Crippen LogP contribution in [0.4, 0.5) is 0 Å². The second kappa shape index (κ2) is 8.73. The summed E-state index contributed by atoms with van der Waals surface area (Å²) >= 11 is 0. The van der Waals surface area contributed by atoms with Crippen LogP contribution in [0, 0.1) is 0 Å². The van der Waals surface area contributed by atoms with E-state index in [2.05, 4.69) is 21.5 Å². The molecular formula is C24H25N5O2. The molecule has 1 N–H and O–H groups in total. The van der Waals surface area contributed by atoms with Crippen molar-refractivity contribution in [2.75, 3.05) is 20.3 Å². The molecule has 1 aliphatic carbocycles. The molecule has 7 heteroatoms. The van der Waals surface area contributed by atoms with Crippen molar-refractivity contribution in [3.63, 3.8) is 0 Å². The highest BCUT2D eigenvalue weighted by Crippen LogP contribution is 2.25. The van der Waals surface area contributed by atoms with Crippen molar-refractivity contribution >= 4 is 11.0 Å². The van der Waals surface area contributed by atoms with Crippen LogP contribution in [0.5, 0.6) is 11.6 Å². The van der Waals surface area contributed by atoms with E-state index >= 15 is 0 Å². The van der Waals surface area contributed by atoms with Gasteiger partial charge in [-0.05, 0) is 49.1 Å². The maximum absolute atomic E-state index is 5.79. The van der Waals surface area contributed by atoms with Crippen LogP contribution in [-0.2, 0) is 12.8 Å². The highest BCUT2D eigenvalue weighted by molar-refractivity contribution is 5.83. The molecule has 1 aliphatic rings. The third-order valence-electron chi connectivity index (χ3n) is 5.61. The van der Waals surface area contributed by atoms with E-state index < -0.39 is 0 Å². The largest absolute Gasteiger partial charge is 0.492 e. The van der Waals surface area contributed by atoms with Crippen LogP contribution >= 0.6 is 0 Å². The summed E-state index contributed by atoms with van der Waals surface area (Å²) in [6.45, 7) is 1.48. The maximum Gasteiger partial charge on any atom is 0.213 e. The molecule has 0 amide bonds. The van der Waals surface area contributed by atoms with Gasteiger partial charge in [-0.1, -0.05) is 18.2 Å². The molecule has 0 spiro atoms. The third kappa shape index (κ3) is 4.22. The summed E-state index contributed by atoms with van der Waals surface area (Å²) < 4.78 is 13.0. The number of ether oxygens (including phenoxy) is 2. The molecular weight excluding hydrogens is 390 g/mol. The molecule has 0 aliphatic heterocycles. The number of benzene rings is 1. The Balaban J connectivity index is 1.27. The van der Waals surface area contributed by atoms with Gasteiger partial charge in [0.15, 0.2) is 0 Å². The number of pyridine rings is 2. The van der Waals surface area contributed by atoms with E-state index in [0.717, 1.165) is 54.0 Å². The second-order valence-electron chi connectivity index (χ2n) is 7.65. The lowest BCUT2D eigenvalue weighted by Crippen LogP contribution is -2.36. The first kappa shape index (κ1) is 19.5. The Kier molecular flexibility index (Phi) is 5.50. The molecule has 1 aromatic carbocycles. The van der Waals surface area contributed by atoms with Gasteiger partial charge in [0.2, 0.25) is 5.88 Å². The quantitative estimate of drug-likeness (QED) is 0.467. The van der Waals surface area contributed by atoms with Crippen molar-refractivity contribution in [1.82, 2.24) is 25.1 Å². The Bertz CT molecular complexity index is 1180. The summed E-state index contributed by atoms with van der Waals surface area (Å²) in [5.74, 6) is 1.48. The number of aryl methyl sites for hydroxylation is 1. The molecule has 4 aromatic rings. The Labute approximate surface area is 181 Å². The van der Waals surface area contributed by atoms with Crippen LogP contribution in [0.25, 0.3) is 16.7 Å². The third-order valence-corrected chi connectivity index (χ3v) is 5.61. The minimum absolute atomic E-state index is 0.428. The van der Waals surface area contributed by atoms with Gasteiger partial charge in [-0.25, -0.2) is 9.67 Å². The Morgan fingerprint density at radius 3 is 2.90 bits per heavy atom. The molecule has 7 nitrogen and oxygen atoms in total. The minimum Gasteiger partial charge on any atom is -0.492 e. The van der Waals surface area contributed by atoms with E-state index in [1.807, 2.05) is 53.2 Å². The van der Waals surface area contributed by atoms with Gasteiger partial charge in [-0.15, -0.1) is 0 Å². The minimum atomic E-state index is 0.428. The summed E-state index contributed by atoms with van der Waals surface area (Å²) in [5, 5.41) is 8.48. The Morgan fingerprint density at radius 2 is 2.03 bits per heavy atom. The topological polar surface area (TPSA) is 74.1 Å². The van der Waals surface area contributed by atoms with Crippen LogP contribution in [-0.4, -0.2) is 46.1 Å². The molecule has 0 saturated carbocycles. The van der Waals surface area contributed by atoms with Crippen molar-refractivity contribution in [2.45, 2.75) is 25.3 Å². The van der Waals surface area contributed by atoms with Gasteiger partial charge in [0, 0.05) is 31.0 Å². The van der Waals surface area contributed by atoms with E-state index in [9.17, 15) is 0 Å². The number of para-hydroxylation sites is 1. The molecule has 0 fully saturated rings. The summed E-state index contributed by atoms with van der Waals surface area (Å²) in [7, 11) is 1.62. The number of rotatable bonds is 7. The average Bonchev–Trinajstić information content (AvgIpc) is 3.25. The van der Waals surface area contributed by atoms with Crippen LogP contribution < -0.4 is 14.8 Å². The molecule has 158 valence electrons. The van der Waals surface area contributed by atoms with E-state index in [1.165, 1.54) is 5.56 Å². The van der Waals surface area contributed by atoms with Gasteiger partial charge >= 0.3 is 0 Å². The normalized spacial score (nSPS) is 15.6. The molecule has 1 atom stereocenters. The first-order valence-corrected chi connectivity index (χ1v) is 10.6. The lowest BCUT2D eigenvalue weighted by molar-refractivity contribution is 0.300. The number of aromatic nitrogens is 4.